The number of nitrogens with zero attached hydrogens (tertiary/aromatic N) is 7. The van der Waals surface area contributed by atoms with E-state index in [2.05, 4.69) is 35.8 Å². The van der Waals surface area contributed by atoms with Crippen LogP contribution in [0.1, 0.15) is 59.7 Å². The molecule has 7 aromatic rings. The average Bonchev–Trinajstić information content (AvgIpc) is 3.91. The van der Waals surface area contributed by atoms with Gasteiger partial charge in [-0.25, -0.2) is 9.78 Å². The van der Waals surface area contributed by atoms with Gasteiger partial charge in [-0.1, -0.05) is 36.4 Å². The standard InChI is InChI=1S/C52H44N10O8/c1-61(2)35-17-15-34(16-18-35)60-59-33-13-11-32(12-14-33)47(65)54-23-4-24-62-29-56-45-46(62)57-51(53)58-49(45)68-28-31-9-7-30(8-10-31)27-55-48(66)38-5-3-6-39-44(38)52(70-50(39)67)40-21-19-36(63)25-42(40)69-43-26-37(64)20-22-41(43)52/h3,5-22,25-26,29,40,64H,4,23-24,27-28H2,1-2H3,(H,54,65)(H,55,66)(H2,53,57,58). The predicted octanol–water partition coefficient (Wildman–Crippen LogP) is 7.37. The van der Waals surface area contributed by atoms with Crippen molar-refractivity contribution in [3.05, 3.63) is 178 Å². The lowest BCUT2D eigenvalue weighted by Gasteiger charge is -2.42. The number of anilines is 2. The van der Waals surface area contributed by atoms with Crippen molar-refractivity contribution in [1.82, 2.24) is 30.2 Å². The Hall–Kier alpha value is -9.19. The molecule has 2 aromatic heterocycles. The number of hydrogen-bond acceptors (Lipinski definition) is 15. The molecule has 0 radical (unpaired) electrons. The Balaban J connectivity index is 0.743. The molecule has 10 rings (SSSR count). The van der Waals surface area contributed by atoms with Gasteiger partial charge < -0.3 is 45.2 Å². The van der Waals surface area contributed by atoms with E-state index in [-0.39, 0.29) is 65.1 Å². The quantitative estimate of drug-likeness (QED) is 0.0474. The van der Waals surface area contributed by atoms with Crippen molar-refractivity contribution >= 4 is 57.7 Å². The number of carbonyl (C=O) groups excluding carboxylic acids is 4. The number of aryl methyl sites for hydroxylation is 1. The Morgan fingerprint density at radius 3 is 2.40 bits per heavy atom. The topological polar surface area (TPSA) is 238 Å². The second kappa shape index (κ2) is 18.5. The molecule has 18 heteroatoms. The maximum absolute atomic E-state index is 14.1. The van der Waals surface area contributed by atoms with Crippen molar-refractivity contribution < 1.29 is 38.5 Å². The number of aromatic hydroxyl groups is 1. The fourth-order valence-corrected chi connectivity index (χ4v) is 8.71. The highest BCUT2D eigenvalue weighted by atomic mass is 16.6. The molecule has 0 saturated carbocycles. The number of phenols is 1. The van der Waals surface area contributed by atoms with Crippen LogP contribution in [0.2, 0.25) is 0 Å². The van der Waals surface area contributed by atoms with Crippen molar-refractivity contribution in [2.45, 2.75) is 31.7 Å². The summed E-state index contributed by atoms with van der Waals surface area (Å²) in [5, 5.41) is 24.8. The van der Waals surface area contributed by atoms with Crippen LogP contribution in [0, 0.1) is 5.92 Å². The number of benzene rings is 5. The summed E-state index contributed by atoms with van der Waals surface area (Å²) in [7, 11) is 3.95. The largest absolute Gasteiger partial charge is 0.508 e. The number of hydrogen-bond donors (Lipinski definition) is 4. The summed E-state index contributed by atoms with van der Waals surface area (Å²) >= 11 is 0. The first kappa shape index (κ1) is 44.6. The number of ketones is 1. The molecule has 1 aliphatic carbocycles. The third-order valence-corrected chi connectivity index (χ3v) is 12.2. The second-order valence-corrected chi connectivity index (χ2v) is 17.0. The van der Waals surface area contributed by atoms with E-state index in [1.54, 1.807) is 60.9 Å². The first-order chi connectivity index (χ1) is 33.9. The van der Waals surface area contributed by atoms with Gasteiger partial charge in [0, 0.05) is 73.8 Å². The van der Waals surface area contributed by atoms with Gasteiger partial charge in [-0.3, -0.25) is 14.4 Å². The molecule has 0 bridgehead atoms. The van der Waals surface area contributed by atoms with E-state index in [1.165, 1.54) is 24.3 Å². The number of rotatable bonds is 14. The normalized spacial score (nSPS) is 16.5. The molecule has 5 aromatic carbocycles. The number of allylic oxidation sites excluding steroid dienone is 2. The fraction of sp³-hybridized carbons (Fsp3) is 0.173. The average molecular weight is 937 g/mol. The van der Waals surface area contributed by atoms with E-state index in [4.69, 9.17) is 19.9 Å². The lowest BCUT2D eigenvalue weighted by atomic mass is 9.70. The van der Waals surface area contributed by atoms with Crippen LogP contribution >= 0.6 is 0 Å². The van der Waals surface area contributed by atoms with E-state index in [0.717, 1.165) is 22.5 Å². The minimum absolute atomic E-state index is 0.0160. The van der Waals surface area contributed by atoms with Gasteiger partial charge in [0.25, 0.3) is 11.8 Å². The molecule has 2 aliphatic heterocycles. The Bertz CT molecular complexity index is 3310. The third kappa shape index (κ3) is 8.64. The monoisotopic (exact) mass is 936 g/mol. The summed E-state index contributed by atoms with van der Waals surface area (Å²) in [6, 6.07) is 31.4. The number of esters is 1. The van der Waals surface area contributed by atoms with Crippen LogP contribution in [0.15, 0.2) is 150 Å². The number of imidazole rings is 1. The zero-order valence-corrected chi connectivity index (χ0v) is 37.8. The van der Waals surface area contributed by atoms with Gasteiger partial charge in [-0.2, -0.15) is 20.2 Å². The minimum Gasteiger partial charge on any atom is -0.508 e. The van der Waals surface area contributed by atoms with Crippen LogP contribution in [-0.4, -0.2) is 68.8 Å². The first-order valence-corrected chi connectivity index (χ1v) is 22.3. The van der Waals surface area contributed by atoms with Gasteiger partial charge in [-0.05, 0) is 96.4 Å². The van der Waals surface area contributed by atoms with Crippen LogP contribution in [0.5, 0.6) is 17.4 Å². The van der Waals surface area contributed by atoms with Crippen molar-refractivity contribution in [3.8, 4) is 17.4 Å². The SMILES string of the molecule is CN(C)c1ccc(N=Nc2ccc(C(=O)NCCCn3cnc4c(OCc5ccc(CNC(=O)c6cccc7c6C6(OC7=O)c7ccc(O)cc7OC7=CC(=O)C=CC76)cc5)nc(N)nc43)cc2)cc1. The zero-order chi connectivity index (χ0) is 48.5. The Morgan fingerprint density at radius 1 is 0.900 bits per heavy atom. The van der Waals surface area contributed by atoms with Crippen LogP contribution in [0.3, 0.4) is 0 Å². The molecule has 0 fully saturated rings. The van der Waals surface area contributed by atoms with Gasteiger partial charge >= 0.3 is 5.97 Å². The Labute approximate surface area is 400 Å². The summed E-state index contributed by atoms with van der Waals surface area (Å²) in [5.74, 6) is -1.78. The van der Waals surface area contributed by atoms with Crippen molar-refractivity contribution in [3.63, 3.8) is 0 Å². The van der Waals surface area contributed by atoms with E-state index in [0.29, 0.717) is 53.1 Å². The number of azo groups is 1. The zero-order valence-electron chi connectivity index (χ0n) is 37.8. The second-order valence-electron chi connectivity index (χ2n) is 17.0. The molecule has 4 heterocycles. The number of carbonyl (C=O) groups is 4. The molecular formula is C52H44N10O8. The number of phenolic OH excluding ortho intramolecular Hbond substituents is 1. The van der Waals surface area contributed by atoms with Crippen molar-refractivity contribution in [2.24, 2.45) is 16.1 Å². The predicted molar refractivity (Wildman–Crippen MR) is 257 cm³/mol. The Morgan fingerprint density at radius 2 is 1.64 bits per heavy atom. The number of ether oxygens (including phenoxy) is 3. The maximum atomic E-state index is 14.1. The highest BCUT2D eigenvalue weighted by molar-refractivity contribution is 6.05. The van der Waals surface area contributed by atoms with Crippen LogP contribution in [0.4, 0.5) is 23.0 Å². The van der Waals surface area contributed by atoms with Crippen LogP contribution in [0.25, 0.3) is 11.2 Å². The number of nitrogen functional groups attached to an aromatic ring is 1. The van der Waals surface area contributed by atoms with Crippen molar-refractivity contribution in [1.29, 1.82) is 0 Å². The van der Waals surface area contributed by atoms with Gasteiger partial charge in [-0.15, -0.1) is 0 Å². The highest BCUT2D eigenvalue weighted by Gasteiger charge is 2.59. The van der Waals surface area contributed by atoms with E-state index < -0.39 is 23.4 Å². The van der Waals surface area contributed by atoms with Crippen LogP contribution < -0.4 is 30.7 Å². The van der Waals surface area contributed by atoms with E-state index in [1.807, 2.05) is 72.1 Å². The van der Waals surface area contributed by atoms with Crippen molar-refractivity contribution in [2.75, 3.05) is 31.3 Å². The summed E-state index contributed by atoms with van der Waals surface area (Å²) in [5.41, 5.74) is 11.2. The van der Waals surface area contributed by atoms with E-state index >= 15 is 0 Å². The molecule has 2 atom stereocenters. The lowest BCUT2D eigenvalue weighted by Crippen LogP contribution is -2.44. The molecule has 350 valence electrons. The number of fused-ring (bicyclic) bond motifs is 7. The number of nitrogens with one attached hydrogen (secondary N) is 2. The molecule has 2 unspecified atom stereocenters. The molecule has 1 spiro atoms. The molecule has 3 aliphatic rings. The molecule has 70 heavy (non-hydrogen) atoms. The summed E-state index contributed by atoms with van der Waals surface area (Å²) in [6.45, 7) is 1.18. The number of nitrogens with two attached hydrogens (primary N) is 1. The molecule has 18 nitrogen and oxygen atoms in total. The van der Waals surface area contributed by atoms with Gasteiger partial charge in [0.2, 0.25) is 11.8 Å². The summed E-state index contributed by atoms with van der Waals surface area (Å²) < 4.78 is 20.2. The first-order valence-electron chi connectivity index (χ1n) is 22.3. The highest BCUT2D eigenvalue weighted by Crippen LogP contribution is 2.57. The Kier molecular flexibility index (Phi) is 11.8. The number of aromatic nitrogens is 4. The van der Waals surface area contributed by atoms with E-state index in [9.17, 15) is 24.3 Å². The molecule has 5 N–H and O–H groups in total. The fourth-order valence-electron chi connectivity index (χ4n) is 8.71. The maximum Gasteiger partial charge on any atom is 0.339 e. The number of amides is 2. The third-order valence-electron chi connectivity index (χ3n) is 12.2. The molecule has 2 amide bonds. The molecular weight excluding hydrogens is 893 g/mol. The smallest absolute Gasteiger partial charge is 0.339 e. The molecule has 0 saturated heterocycles. The van der Waals surface area contributed by atoms with Gasteiger partial charge in [0.15, 0.2) is 22.5 Å². The van der Waals surface area contributed by atoms with Gasteiger partial charge in [0.1, 0.15) is 23.9 Å². The summed E-state index contributed by atoms with van der Waals surface area (Å²) in [4.78, 5) is 68.1. The van der Waals surface area contributed by atoms with Gasteiger partial charge in [0.05, 0.1) is 29.2 Å². The lowest BCUT2D eigenvalue weighted by molar-refractivity contribution is -0.111. The van der Waals surface area contributed by atoms with Crippen LogP contribution in [-0.2, 0) is 34.8 Å². The summed E-state index contributed by atoms with van der Waals surface area (Å²) in [6.07, 6.45) is 6.53. The minimum atomic E-state index is -1.55.